The minimum absolute atomic E-state index is 1.20. The Kier molecular flexibility index (Phi) is 7.69. The summed E-state index contributed by atoms with van der Waals surface area (Å²) in [4.78, 5) is 0. The Morgan fingerprint density at radius 1 is 0.241 bits per heavy atom. The highest BCUT2D eigenvalue weighted by molar-refractivity contribution is 7.29. The van der Waals surface area contributed by atoms with Crippen LogP contribution in [-0.4, -0.2) is 0 Å². The first-order valence-corrected chi connectivity index (χ1v) is 21.5. The van der Waals surface area contributed by atoms with E-state index in [1.807, 2.05) is 22.7 Å². The fourth-order valence-corrected chi connectivity index (χ4v) is 11.9. The van der Waals surface area contributed by atoms with E-state index >= 15 is 0 Å². The smallest absolute Gasteiger partial charge is 0.0441 e. The van der Waals surface area contributed by atoms with Crippen LogP contribution in [0.1, 0.15) is 0 Å². The zero-order valence-corrected chi connectivity index (χ0v) is 33.1. The van der Waals surface area contributed by atoms with Gasteiger partial charge in [-0.25, -0.2) is 0 Å². The molecule has 0 saturated heterocycles. The second-order valence-corrected chi connectivity index (χ2v) is 17.2. The summed E-state index contributed by atoms with van der Waals surface area (Å²) in [5, 5.41) is 15.6. The Bertz CT molecular complexity index is 3690. The van der Waals surface area contributed by atoms with Gasteiger partial charge in [-0.15, -0.1) is 22.7 Å². The van der Waals surface area contributed by atoms with E-state index in [4.69, 9.17) is 0 Å². The molecule has 0 N–H and O–H groups in total. The third-order valence-electron chi connectivity index (χ3n) is 11.9. The van der Waals surface area contributed by atoms with Gasteiger partial charge in [0.1, 0.15) is 0 Å². The average molecular weight is 771 g/mol. The number of thiophene rings is 2. The van der Waals surface area contributed by atoms with E-state index in [1.165, 1.54) is 117 Å². The number of hydrogen-bond donors (Lipinski definition) is 0. The Labute approximate surface area is 343 Å². The highest BCUT2D eigenvalue weighted by Gasteiger charge is 2.19. The minimum atomic E-state index is 1.20. The molecule has 0 radical (unpaired) electrons. The van der Waals surface area contributed by atoms with Gasteiger partial charge in [-0.1, -0.05) is 194 Å². The molecule has 0 unspecified atom stereocenters. The second-order valence-electron chi connectivity index (χ2n) is 15.1. The maximum atomic E-state index is 2.44. The molecule has 270 valence electrons. The largest absolute Gasteiger partial charge is 0.135 e. The second kappa shape index (κ2) is 13.4. The predicted octanol–water partition coefficient (Wildman–Crippen LogP) is 17.2. The molecule has 0 bridgehead atoms. The molecule has 0 amide bonds. The topological polar surface area (TPSA) is 0 Å². The van der Waals surface area contributed by atoms with Gasteiger partial charge in [0.05, 0.1) is 0 Å². The van der Waals surface area contributed by atoms with Crippen molar-refractivity contribution in [2.75, 3.05) is 0 Å². The molecule has 10 aromatic carbocycles. The summed E-state index contributed by atoms with van der Waals surface area (Å²) in [6, 6.07) is 76.1. The van der Waals surface area contributed by atoms with Crippen LogP contribution in [0.3, 0.4) is 0 Å². The van der Waals surface area contributed by atoms with Crippen molar-refractivity contribution in [2.24, 2.45) is 0 Å². The molecule has 0 spiro atoms. The summed E-state index contributed by atoms with van der Waals surface area (Å²) in [7, 11) is 0. The fraction of sp³-hybridized carbons (Fsp3) is 0. The Hall–Kier alpha value is -6.84. The summed E-state index contributed by atoms with van der Waals surface area (Å²) in [5.74, 6) is 0. The SMILES string of the molecule is c1cccc(-c2ccc(-c3ccc4c(c3)sc3c5ccccc5c5sc6ccccc6c5c43)c3ccccc23)c2ccccc2c(-c2cccc3ccccc23)cc1. The lowest BCUT2D eigenvalue weighted by molar-refractivity contribution is 1.66. The summed E-state index contributed by atoms with van der Waals surface area (Å²) >= 11 is 3.86. The summed E-state index contributed by atoms with van der Waals surface area (Å²) in [6.45, 7) is 0. The zero-order valence-electron chi connectivity index (χ0n) is 31.4. The highest BCUT2D eigenvalue weighted by Crippen LogP contribution is 2.50. The molecule has 0 fully saturated rings. The minimum Gasteiger partial charge on any atom is -0.135 e. The van der Waals surface area contributed by atoms with Crippen LogP contribution in [-0.2, 0) is 0 Å². The van der Waals surface area contributed by atoms with Crippen molar-refractivity contribution in [2.45, 2.75) is 0 Å². The predicted molar refractivity (Wildman–Crippen MR) is 256 cm³/mol. The number of rotatable bonds is 3. The summed E-state index contributed by atoms with van der Waals surface area (Å²) in [5.41, 5.74) is 7.36. The fourth-order valence-electron chi connectivity index (χ4n) is 9.34. The molecular weight excluding hydrogens is 737 g/mol. The lowest BCUT2D eigenvalue weighted by Crippen LogP contribution is -1.88. The van der Waals surface area contributed by atoms with Crippen LogP contribution >= 0.6 is 22.7 Å². The van der Waals surface area contributed by atoms with Gasteiger partial charge in [-0.05, 0) is 77.8 Å². The van der Waals surface area contributed by atoms with Crippen LogP contribution in [0.4, 0.5) is 0 Å². The molecule has 0 aliphatic heterocycles. The number of fused-ring (bicyclic) bond motifs is 13. The van der Waals surface area contributed by atoms with Crippen molar-refractivity contribution in [3.63, 3.8) is 0 Å². The molecule has 0 aliphatic carbocycles. The molecule has 0 nitrogen and oxygen atoms in total. The number of benzene rings is 9. The molecule has 2 aromatic heterocycles. The van der Waals surface area contributed by atoms with E-state index in [9.17, 15) is 0 Å². The molecule has 58 heavy (non-hydrogen) atoms. The standard InChI is InChI=1S/C56H34S2/c1-2-4-20-45(44-24-10-9-23-43(44)41(19-3-1)40-28-15-17-35-16-5-6-18-37(35)40)46-33-32-38(39-21-7-8-22-42(39)46)36-30-31-50-52(34-36)58-56-48-26-12-11-25-47(48)55-53(54(50)56)49-27-13-14-29-51(49)57-55/h1-34H. The maximum Gasteiger partial charge on any atom is 0.0441 e. The quantitative estimate of drug-likeness (QED) is 0.168. The van der Waals surface area contributed by atoms with E-state index in [1.54, 1.807) is 0 Å². The van der Waals surface area contributed by atoms with Crippen LogP contribution in [0.5, 0.6) is 0 Å². The zero-order chi connectivity index (χ0) is 38.2. The van der Waals surface area contributed by atoms with Gasteiger partial charge < -0.3 is 0 Å². The van der Waals surface area contributed by atoms with Gasteiger partial charge in [-0.3, -0.25) is 0 Å². The molecule has 12 rings (SSSR count). The summed E-state index contributed by atoms with van der Waals surface area (Å²) in [6.07, 6.45) is 0. The molecule has 0 saturated carbocycles. The lowest BCUT2D eigenvalue weighted by atomic mass is 9.89. The molecule has 0 aliphatic rings. The van der Waals surface area contributed by atoms with E-state index in [2.05, 4.69) is 206 Å². The summed E-state index contributed by atoms with van der Waals surface area (Å²) < 4.78 is 5.43. The molecule has 2 heterocycles. The van der Waals surface area contributed by atoms with Crippen molar-refractivity contribution >= 4 is 106 Å². The molecule has 12 aromatic rings. The van der Waals surface area contributed by atoms with Crippen molar-refractivity contribution in [1.82, 2.24) is 0 Å². The first-order valence-electron chi connectivity index (χ1n) is 19.8. The van der Waals surface area contributed by atoms with Gasteiger partial charge in [0, 0.05) is 51.1 Å². The van der Waals surface area contributed by atoms with Gasteiger partial charge in [-0.2, -0.15) is 0 Å². The number of hydrogen-bond acceptors (Lipinski definition) is 2. The van der Waals surface area contributed by atoms with Gasteiger partial charge in [0.25, 0.3) is 0 Å². The Morgan fingerprint density at radius 3 is 1.31 bits per heavy atom. The van der Waals surface area contributed by atoms with Crippen molar-refractivity contribution < 1.29 is 0 Å². The van der Waals surface area contributed by atoms with Crippen molar-refractivity contribution in [3.05, 3.63) is 206 Å². The normalized spacial score (nSPS) is 11.8. The van der Waals surface area contributed by atoms with E-state index < -0.39 is 0 Å². The average Bonchev–Trinajstić information content (AvgIpc) is 3.86. The molecule has 2 heteroatoms. The monoisotopic (exact) mass is 770 g/mol. The Balaban J connectivity index is 1.09. The Morgan fingerprint density at radius 2 is 0.655 bits per heavy atom. The van der Waals surface area contributed by atoms with Crippen LogP contribution < -0.4 is 0 Å². The van der Waals surface area contributed by atoms with Crippen LogP contribution in [0.2, 0.25) is 0 Å². The van der Waals surface area contributed by atoms with Crippen LogP contribution in [0.15, 0.2) is 206 Å². The molecule has 0 atom stereocenters. The van der Waals surface area contributed by atoms with Gasteiger partial charge in [0.15, 0.2) is 0 Å². The van der Waals surface area contributed by atoms with Gasteiger partial charge >= 0.3 is 0 Å². The first kappa shape index (κ1) is 33.3. The van der Waals surface area contributed by atoms with E-state index in [0.29, 0.717) is 0 Å². The van der Waals surface area contributed by atoms with Crippen molar-refractivity contribution in [1.29, 1.82) is 0 Å². The van der Waals surface area contributed by atoms with Crippen LogP contribution in [0, 0.1) is 0 Å². The van der Waals surface area contributed by atoms with Crippen molar-refractivity contribution in [3.8, 4) is 33.4 Å². The van der Waals surface area contributed by atoms with Crippen LogP contribution in [0.25, 0.3) is 117 Å². The first-order chi connectivity index (χ1) is 28.8. The van der Waals surface area contributed by atoms with Gasteiger partial charge in [0.2, 0.25) is 0 Å². The maximum absolute atomic E-state index is 2.44. The third kappa shape index (κ3) is 5.12. The van der Waals surface area contributed by atoms with E-state index in [-0.39, 0.29) is 0 Å². The molecular formula is C56H34S2. The lowest BCUT2D eigenvalue weighted by Gasteiger charge is -2.15. The van der Waals surface area contributed by atoms with E-state index in [0.717, 1.165) is 0 Å². The third-order valence-corrected chi connectivity index (χ3v) is 14.3. The highest BCUT2D eigenvalue weighted by atomic mass is 32.1.